The molecule has 0 N–H and O–H groups in total. The number of pyridine rings is 1. The van der Waals surface area contributed by atoms with Crippen LogP contribution in [0, 0.1) is 11.3 Å². The van der Waals surface area contributed by atoms with Gasteiger partial charge < -0.3 is 9.80 Å². The van der Waals surface area contributed by atoms with E-state index in [1.54, 1.807) is 35.4 Å². The number of nitrogens with zero attached hydrogens (tertiary/aromatic N) is 5. The number of likely N-dealkylation sites (tertiary alicyclic amines) is 1. The van der Waals surface area contributed by atoms with Crippen molar-refractivity contribution in [3.8, 4) is 6.07 Å². The van der Waals surface area contributed by atoms with Crippen LogP contribution < -0.4 is 4.90 Å². The van der Waals surface area contributed by atoms with Crippen LogP contribution in [0.1, 0.15) is 29.0 Å². The number of imide groups is 1. The van der Waals surface area contributed by atoms with E-state index in [1.165, 1.54) is 4.90 Å². The first-order chi connectivity index (χ1) is 19.1. The Kier molecular flexibility index (Phi) is 5.20. The molecule has 3 aliphatic heterocycles. The number of nitriles is 1. The van der Waals surface area contributed by atoms with Gasteiger partial charge in [0, 0.05) is 18.1 Å². The maximum absolute atomic E-state index is 14.2. The Morgan fingerprint density at radius 3 is 2.28 bits per heavy atom. The fraction of sp³-hybridized carbons (Fsp3) is 0.194. The van der Waals surface area contributed by atoms with Crippen LogP contribution in [-0.4, -0.2) is 57.3 Å². The molecule has 1 unspecified atom stereocenters. The molecular weight excluding hydrogens is 490 g/mol. The van der Waals surface area contributed by atoms with E-state index in [0.717, 1.165) is 11.1 Å². The monoisotopic (exact) mass is 513 g/mol. The third-order valence-corrected chi connectivity index (χ3v) is 8.17. The fourth-order valence-electron chi connectivity index (χ4n) is 6.51. The van der Waals surface area contributed by atoms with Crippen molar-refractivity contribution in [1.29, 1.82) is 5.26 Å². The molecule has 4 heterocycles. The number of piperazine rings is 1. The number of rotatable bonds is 4. The molecular formula is C31H23N5O3. The molecule has 8 nitrogen and oxygen atoms in total. The molecule has 190 valence electrons. The zero-order chi connectivity index (χ0) is 26.7. The minimum absolute atomic E-state index is 0.0636. The Morgan fingerprint density at radius 1 is 0.923 bits per heavy atom. The molecule has 39 heavy (non-hydrogen) atoms. The summed E-state index contributed by atoms with van der Waals surface area (Å²) in [6, 6.07) is 26.4. The van der Waals surface area contributed by atoms with Gasteiger partial charge in [-0.1, -0.05) is 60.7 Å². The Hall–Kier alpha value is -5.03. The third-order valence-electron chi connectivity index (χ3n) is 8.17. The molecule has 3 saturated heterocycles. The van der Waals surface area contributed by atoms with Crippen LogP contribution in [0.25, 0.3) is 10.9 Å². The summed E-state index contributed by atoms with van der Waals surface area (Å²) in [6.07, 6.45) is 2.16. The highest BCUT2D eigenvalue weighted by Gasteiger charge is 2.63. The standard InChI is InChI=1S/C31H23N5O3/c32-17-21-13-14-24(23-12-7-15-33-27(21)23)36-30(38)28-25-16-22(35(28)31(36)39)18-34(25)29(37)26(19-8-3-1-4-9-19)20-10-5-2-6-11-20/h1-15,22,25-26,28H,16,18H2/t22-,25?,28+/m1/s1. The summed E-state index contributed by atoms with van der Waals surface area (Å²) >= 11 is 0. The zero-order valence-corrected chi connectivity index (χ0v) is 20.8. The molecule has 8 heteroatoms. The summed E-state index contributed by atoms with van der Waals surface area (Å²) in [5, 5.41) is 10.1. The van der Waals surface area contributed by atoms with Gasteiger partial charge in [0.1, 0.15) is 12.1 Å². The Labute approximate surface area is 224 Å². The van der Waals surface area contributed by atoms with E-state index in [4.69, 9.17) is 0 Å². The van der Waals surface area contributed by atoms with Crippen molar-refractivity contribution >= 4 is 34.4 Å². The average molecular weight is 514 g/mol. The van der Waals surface area contributed by atoms with E-state index in [2.05, 4.69) is 11.1 Å². The second-order valence-corrected chi connectivity index (χ2v) is 10.2. The molecule has 3 aliphatic rings. The first-order valence-electron chi connectivity index (χ1n) is 12.9. The number of fused-ring (bicyclic) bond motifs is 6. The predicted octanol–water partition coefficient (Wildman–Crippen LogP) is 4.06. The van der Waals surface area contributed by atoms with Crippen LogP contribution in [-0.2, 0) is 9.59 Å². The van der Waals surface area contributed by atoms with Gasteiger partial charge in [-0.3, -0.25) is 14.6 Å². The van der Waals surface area contributed by atoms with Gasteiger partial charge in [-0.05, 0) is 41.8 Å². The van der Waals surface area contributed by atoms with Crippen LogP contribution in [0.15, 0.2) is 91.1 Å². The first kappa shape index (κ1) is 23.1. The average Bonchev–Trinajstić information content (AvgIpc) is 3.65. The van der Waals surface area contributed by atoms with E-state index >= 15 is 0 Å². The summed E-state index contributed by atoms with van der Waals surface area (Å²) in [7, 11) is 0. The number of amides is 4. The number of carbonyl (C=O) groups excluding carboxylic acids is 3. The maximum Gasteiger partial charge on any atom is 0.332 e. The van der Waals surface area contributed by atoms with Gasteiger partial charge >= 0.3 is 6.03 Å². The van der Waals surface area contributed by atoms with E-state index in [1.807, 2.05) is 65.6 Å². The van der Waals surface area contributed by atoms with Gasteiger partial charge in [-0.2, -0.15) is 5.26 Å². The van der Waals surface area contributed by atoms with E-state index in [-0.39, 0.29) is 23.9 Å². The normalized spacial score (nSPS) is 21.6. The minimum Gasteiger partial charge on any atom is -0.334 e. The van der Waals surface area contributed by atoms with Gasteiger partial charge in [0.15, 0.2) is 0 Å². The van der Waals surface area contributed by atoms with Crippen molar-refractivity contribution < 1.29 is 14.4 Å². The molecule has 0 radical (unpaired) electrons. The highest BCUT2D eigenvalue weighted by Crippen LogP contribution is 2.45. The molecule has 0 spiro atoms. The lowest BCUT2D eigenvalue weighted by Crippen LogP contribution is -2.55. The summed E-state index contributed by atoms with van der Waals surface area (Å²) in [6.45, 7) is 0.388. The Balaban J connectivity index is 1.24. The third kappa shape index (κ3) is 3.36. The second kappa shape index (κ2) is 8.77. The van der Waals surface area contributed by atoms with Crippen LogP contribution in [0.2, 0.25) is 0 Å². The van der Waals surface area contributed by atoms with Crippen molar-refractivity contribution in [1.82, 2.24) is 14.8 Å². The van der Waals surface area contributed by atoms with Crippen LogP contribution in [0.5, 0.6) is 0 Å². The number of carbonyl (C=O) groups is 3. The topological polar surface area (TPSA) is 97.6 Å². The summed E-state index contributed by atoms with van der Waals surface area (Å²) < 4.78 is 0. The molecule has 0 aliphatic carbocycles. The SMILES string of the molecule is N#Cc1ccc(N2C(=O)[C@@H]3C4C[C@H](CN4C(=O)C(c4ccccc4)c4ccccc4)N3C2=O)c2cccnc12. The van der Waals surface area contributed by atoms with E-state index in [0.29, 0.717) is 35.1 Å². The summed E-state index contributed by atoms with van der Waals surface area (Å²) in [5.41, 5.74) is 3.00. The van der Waals surface area contributed by atoms with Gasteiger partial charge in [-0.15, -0.1) is 0 Å². The fourth-order valence-corrected chi connectivity index (χ4v) is 6.51. The largest absolute Gasteiger partial charge is 0.334 e. The van der Waals surface area contributed by atoms with Crippen LogP contribution in [0.4, 0.5) is 10.5 Å². The molecule has 1 aromatic heterocycles. The summed E-state index contributed by atoms with van der Waals surface area (Å²) in [4.78, 5) is 50.7. The molecule has 3 atom stereocenters. The highest BCUT2D eigenvalue weighted by atomic mass is 16.2. The smallest absolute Gasteiger partial charge is 0.332 e. The maximum atomic E-state index is 14.2. The van der Waals surface area contributed by atoms with Gasteiger partial charge in [0.25, 0.3) is 5.91 Å². The predicted molar refractivity (Wildman–Crippen MR) is 144 cm³/mol. The lowest BCUT2D eigenvalue weighted by Gasteiger charge is -2.37. The number of benzene rings is 3. The van der Waals surface area contributed by atoms with Crippen molar-refractivity contribution in [3.05, 3.63) is 108 Å². The molecule has 7 rings (SSSR count). The van der Waals surface area contributed by atoms with E-state index < -0.39 is 18.0 Å². The van der Waals surface area contributed by atoms with Crippen molar-refractivity contribution in [2.24, 2.45) is 0 Å². The molecule has 2 bridgehead atoms. The van der Waals surface area contributed by atoms with Gasteiger partial charge in [-0.25, -0.2) is 9.69 Å². The first-order valence-corrected chi connectivity index (χ1v) is 12.9. The number of hydrogen-bond acceptors (Lipinski definition) is 5. The molecule has 3 aromatic carbocycles. The Bertz CT molecular complexity index is 1640. The van der Waals surface area contributed by atoms with Crippen molar-refractivity contribution in [2.75, 3.05) is 11.4 Å². The molecule has 3 fully saturated rings. The van der Waals surface area contributed by atoms with E-state index in [9.17, 15) is 19.6 Å². The number of aromatic nitrogens is 1. The quantitative estimate of drug-likeness (QED) is 0.384. The Morgan fingerprint density at radius 2 is 1.62 bits per heavy atom. The van der Waals surface area contributed by atoms with Crippen LogP contribution in [0.3, 0.4) is 0 Å². The molecule has 0 saturated carbocycles. The minimum atomic E-state index is -0.741. The lowest BCUT2D eigenvalue weighted by molar-refractivity contribution is -0.136. The highest BCUT2D eigenvalue weighted by molar-refractivity contribution is 6.25. The summed E-state index contributed by atoms with van der Waals surface area (Å²) in [5.74, 6) is -0.917. The lowest BCUT2D eigenvalue weighted by atomic mass is 9.89. The second-order valence-electron chi connectivity index (χ2n) is 10.2. The molecule has 4 aromatic rings. The van der Waals surface area contributed by atoms with Crippen molar-refractivity contribution in [2.45, 2.75) is 30.5 Å². The zero-order valence-electron chi connectivity index (χ0n) is 20.8. The molecule has 4 amide bonds. The number of hydrogen-bond donors (Lipinski definition) is 0. The van der Waals surface area contributed by atoms with Crippen LogP contribution >= 0.6 is 0 Å². The number of urea groups is 1. The van der Waals surface area contributed by atoms with Crippen molar-refractivity contribution in [3.63, 3.8) is 0 Å². The number of anilines is 1. The van der Waals surface area contributed by atoms with Gasteiger partial charge in [0.2, 0.25) is 5.91 Å². The van der Waals surface area contributed by atoms with Gasteiger partial charge in [0.05, 0.1) is 34.8 Å².